The van der Waals surface area contributed by atoms with Crippen LogP contribution in [0.4, 0.5) is 16.6 Å². The lowest BCUT2D eigenvalue weighted by Gasteiger charge is -2.35. The molecule has 0 aliphatic carbocycles. The summed E-state index contributed by atoms with van der Waals surface area (Å²) >= 11 is 1.52. The third kappa shape index (κ3) is 4.98. The molecule has 0 radical (unpaired) electrons. The highest BCUT2D eigenvalue weighted by atomic mass is 32.1. The Hall–Kier alpha value is -2.82. The number of ether oxygens (including phenoxy) is 2. The fourth-order valence-electron chi connectivity index (χ4n) is 3.82. The highest BCUT2D eigenvalue weighted by Crippen LogP contribution is 2.30. The van der Waals surface area contributed by atoms with Gasteiger partial charge in [0.05, 0.1) is 35.7 Å². The zero-order chi connectivity index (χ0) is 21.8. The second kappa shape index (κ2) is 9.76. The Bertz CT molecular complexity index is 1020. The molecule has 0 saturated carbocycles. The number of likely N-dealkylation sites (N-methyl/N-ethyl adjacent to an activating group) is 1. The van der Waals surface area contributed by atoms with Gasteiger partial charge in [-0.2, -0.15) is 4.98 Å². The highest BCUT2D eigenvalue weighted by molar-refractivity contribution is 7.18. The summed E-state index contributed by atoms with van der Waals surface area (Å²) in [6.07, 6.45) is 6.33. The molecule has 2 fully saturated rings. The molecule has 5 rings (SSSR count). The van der Waals surface area contributed by atoms with Crippen molar-refractivity contribution in [3.8, 4) is 16.6 Å². The Morgan fingerprint density at radius 1 is 1.12 bits per heavy atom. The second-order valence-corrected chi connectivity index (χ2v) is 8.84. The van der Waals surface area contributed by atoms with Crippen LogP contribution in [0.2, 0.25) is 0 Å². The average Bonchev–Trinajstić information content (AvgIpc) is 3.52. The molecule has 2 aliphatic heterocycles. The van der Waals surface area contributed by atoms with Crippen LogP contribution < -0.4 is 15.0 Å². The van der Waals surface area contributed by atoms with Crippen LogP contribution >= 0.6 is 11.3 Å². The van der Waals surface area contributed by atoms with Crippen molar-refractivity contribution >= 4 is 28.0 Å². The number of hydrogen-bond donors (Lipinski definition) is 1. The van der Waals surface area contributed by atoms with Gasteiger partial charge in [0.15, 0.2) is 5.13 Å². The summed E-state index contributed by atoms with van der Waals surface area (Å²) in [4.78, 5) is 23.6. The summed E-state index contributed by atoms with van der Waals surface area (Å²) in [6, 6.07) is 6.36. The Morgan fingerprint density at radius 2 is 2.03 bits per heavy atom. The van der Waals surface area contributed by atoms with E-state index in [9.17, 15) is 0 Å². The largest absolute Gasteiger partial charge is 0.458 e. The van der Waals surface area contributed by atoms with Crippen LogP contribution in [0.3, 0.4) is 0 Å². The normalized spacial score (nSPS) is 19.3. The number of pyridine rings is 1. The standard InChI is InChI=1S/C22H27N7O2S/c1-2-28-8-10-29(11-9-28)16-3-4-20(24-13-16)27-22-25-14-19(32-22)18-5-7-23-21(26-18)31-17-6-12-30-15-17/h3-5,7,13-14,17H,2,6,8-12,15H2,1H3,(H,24,25,27)/t17-/m1/s1. The van der Waals surface area contributed by atoms with Crippen molar-refractivity contribution in [2.24, 2.45) is 0 Å². The maximum Gasteiger partial charge on any atom is 0.317 e. The summed E-state index contributed by atoms with van der Waals surface area (Å²) in [5.41, 5.74) is 1.95. The fraction of sp³-hybridized carbons (Fsp3) is 0.455. The Kier molecular flexibility index (Phi) is 6.42. The van der Waals surface area contributed by atoms with Crippen molar-refractivity contribution in [2.45, 2.75) is 19.4 Å². The maximum atomic E-state index is 5.82. The first-order valence-electron chi connectivity index (χ1n) is 11.0. The molecule has 2 aliphatic rings. The molecule has 0 spiro atoms. The van der Waals surface area contributed by atoms with E-state index in [0.717, 1.165) is 73.0 Å². The molecule has 10 heteroatoms. The predicted octanol–water partition coefficient (Wildman–Crippen LogP) is 3.05. The van der Waals surface area contributed by atoms with Gasteiger partial charge in [0, 0.05) is 45.0 Å². The van der Waals surface area contributed by atoms with E-state index in [4.69, 9.17) is 9.47 Å². The first-order chi connectivity index (χ1) is 15.8. The Labute approximate surface area is 191 Å². The third-order valence-corrected chi connectivity index (χ3v) is 6.65. The molecule has 0 unspecified atom stereocenters. The SMILES string of the molecule is CCN1CCN(c2ccc(Nc3ncc(-c4ccnc(O[C@@H]5CCOC5)n4)s3)nc2)CC1. The number of rotatable bonds is 7. The predicted molar refractivity (Wildman–Crippen MR) is 125 cm³/mol. The molecule has 1 N–H and O–H groups in total. The first-order valence-corrected chi connectivity index (χ1v) is 11.8. The van der Waals surface area contributed by atoms with Crippen LogP contribution in [0, 0.1) is 0 Å². The molecule has 0 aromatic carbocycles. The van der Waals surface area contributed by atoms with Crippen LogP contribution in [-0.4, -0.2) is 76.9 Å². The van der Waals surface area contributed by atoms with Gasteiger partial charge in [-0.25, -0.2) is 15.0 Å². The number of thiazole rings is 1. The monoisotopic (exact) mass is 453 g/mol. The van der Waals surface area contributed by atoms with Gasteiger partial charge in [0.25, 0.3) is 0 Å². The van der Waals surface area contributed by atoms with Crippen LogP contribution in [-0.2, 0) is 4.74 Å². The maximum absolute atomic E-state index is 5.82. The van der Waals surface area contributed by atoms with Crippen molar-refractivity contribution in [2.75, 3.05) is 56.2 Å². The van der Waals surface area contributed by atoms with Gasteiger partial charge in [-0.1, -0.05) is 18.3 Å². The Morgan fingerprint density at radius 3 is 2.78 bits per heavy atom. The van der Waals surface area contributed by atoms with E-state index in [1.54, 1.807) is 12.4 Å². The Balaban J connectivity index is 1.21. The van der Waals surface area contributed by atoms with Crippen LogP contribution in [0.25, 0.3) is 10.6 Å². The first kappa shape index (κ1) is 21.0. The molecule has 1 atom stereocenters. The van der Waals surface area contributed by atoms with E-state index in [0.29, 0.717) is 12.6 Å². The molecular weight excluding hydrogens is 426 g/mol. The van der Waals surface area contributed by atoms with E-state index in [2.05, 4.69) is 48.0 Å². The molecular formula is C22H27N7O2S. The zero-order valence-corrected chi connectivity index (χ0v) is 18.9. The molecule has 0 bridgehead atoms. The van der Waals surface area contributed by atoms with Gasteiger partial charge in [0.2, 0.25) is 0 Å². The third-order valence-electron chi connectivity index (χ3n) is 5.72. The van der Waals surface area contributed by atoms with Crippen LogP contribution in [0.15, 0.2) is 36.8 Å². The lowest BCUT2D eigenvalue weighted by atomic mass is 10.2. The van der Waals surface area contributed by atoms with Crippen LogP contribution in [0.5, 0.6) is 6.01 Å². The minimum Gasteiger partial charge on any atom is -0.458 e. The van der Waals surface area contributed by atoms with Gasteiger partial charge < -0.3 is 24.6 Å². The number of hydrogen-bond acceptors (Lipinski definition) is 10. The van der Waals surface area contributed by atoms with E-state index >= 15 is 0 Å². The lowest BCUT2D eigenvalue weighted by Crippen LogP contribution is -2.46. The van der Waals surface area contributed by atoms with E-state index < -0.39 is 0 Å². The van der Waals surface area contributed by atoms with Gasteiger partial charge in [-0.15, -0.1) is 0 Å². The minimum absolute atomic E-state index is 0.0218. The lowest BCUT2D eigenvalue weighted by molar-refractivity contribution is 0.134. The number of piperazine rings is 1. The van der Waals surface area contributed by atoms with Crippen molar-refractivity contribution in [3.63, 3.8) is 0 Å². The van der Waals surface area contributed by atoms with Crippen molar-refractivity contribution in [3.05, 3.63) is 36.8 Å². The molecule has 3 aromatic heterocycles. The zero-order valence-electron chi connectivity index (χ0n) is 18.1. The molecule has 3 aromatic rings. The topological polar surface area (TPSA) is 88.5 Å². The average molecular weight is 454 g/mol. The molecule has 9 nitrogen and oxygen atoms in total. The highest BCUT2D eigenvalue weighted by Gasteiger charge is 2.19. The number of aromatic nitrogens is 4. The molecule has 5 heterocycles. The van der Waals surface area contributed by atoms with Gasteiger partial charge in [-0.3, -0.25) is 0 Å². The number of nitrogens with one attached hydrogen (secondary N) is 1. The van der Waals surface area contributed by atoms with Crippen LogP contribution in [0.1, 0.15) is 13.3 Å². The second-order valence-electron chi connectivity index (χ2n) is 7.81. The summed E-state index contributed by atoms with van der Waals surface area (Å²) in [7, 11) is 0. The molecule has 0 amide bonds. The molecule has 168 valence electrons. The van der Waals surface area contributed by atoms with Gasteiger partial charge in [0.1, 0.15) is 11.9 Å². The van der Waals surface area contributed by atoms with E-state index in [-0.39, 0.29) is 6.10 Å². The fourth-order valence-corrected chi connectivity index (χ4v) is 4.61. The minimum atomic E-state index is 0.0218. The summed E-state index contributed by atoms with van der Waals surface area (Å²) < 4.78 is 11.2. The number of anilines is 3. The summed E-state index contributed by atoms with van der Waals surface area (Å²) in [6.45, 7) is 8.91. The molecule has 2 saturated heterocycles. The van der Waals surface area contributed by atoms with Gasteiger partial charge in [-0.05, 0) is 24.7 Å². The van der Waals surface area contributed by atoms with E-state index in [1.807, 2.05) is 18.3 Å². The number of nitrogens with zero attached hydrogens (tertiary/aromatic N) is 6. The van der Waals surface area contributed by atoms with E-state index in [1.165, 1.54) is 11.3 Å². The smallest absolute Gasteiger partial charge is 0.317 e. The van der Waals surface area contributed by atoms with Gasteiger partial charge >= 0.3 is 6.01 Å². The van der Waals surface area contributed by atoms with Crippen molar-refractivity contribution in [1.29, 1.82) is 0 Å². The van der Waals surface area contributed by atoms with Crippen molar-refractivity contribution < 1.29 is 9.47 Å². The summed E-state index contributed by atoms with van der Waals surface area (Å²) in [5.74, 6) is 0.773. The summed E-state index contributed by atoms with van der Waals surface area (Å²) in [5, 5.41) is 4.06. The molecule has 32 heavy (non-hydrogen) atoms. The quantitative estimate of drug-likeness (QED) is 0.580. The van der Waals surface area contributed by atoms with Crippen molar-refractivity contribution in [1.82, 2.24) is 24.8 Å².